The number of amides is 1. The van der Waals surface area contributed by atoms with E-state index >= 15 is 0 Å². The zero-order valence-corrected chi connectivity index (χ0v) is 11.8. The largest absolute Gasteiger partial charge is 0.497 e. The number of carbonyl (C=O) groups excluding carboxylic acids is 1. The molecule has 1 aromatic carbocycles. The number of hydrogen-bond donors (Lipinski definition) is 2. The Morgan fingerprint density at radius 2 is 2.26 bits per heavy atom. The molecule has 1 unspecified atom stereocenters. The molecule has 4 nitrogen and oxygen atoms in total. The second-order valence-corrected chi connectivity index (χ2v) is 4.61. The minimum Gasteiger partial charge on any atom is -0.497 e. The molecule has 0 saturated carbocycles. The number of ether oxygens (including phenoxy) is 1. The zero-order valence-electron chi connectivity index (χ0n) is 11.8. The fourth-order valence-corrected chi connectivity index (χ4v) is 2.01. The van der Waals surface area contributed by atoms with Crippen LogP contribution in [0.5, 0.6) is 5.75 Å². The molecule has 0 spiro atoms. The summed E-state index contributed by atoms with van der Waals surface area (Å²) in [6.45, 7) is 3.11. The standard InChI is InChI=1S/C15H24N2O2/c1-3-5-13(11-16)15(18)17-9-8-12-6-4-7-14(10-12)19-2/h4,6-7,10,13H,3,5,8-9,11,16H2,1-2H3,(H,17,18). The van der Waals surface area contributed by atoms with E-state index in [9.17, 15) is 4.79 Å². The monoisotopic (exact) mass is 264 g/mol. The van der Waals surface area contributed by atoms with Crippen molar-refractivity contribution in [2.75, 3.05) is 20.2 Å². The molecule has 0 aliphatic carbocycles. The third kappa shape index (κ3) is 5.30. The van der Waals surface area contributed by atoms with Crippen LogP contribution in [0.2, 0.25) is 0 Å². The lowest BCUT2D eigenvalue weighted by atomic mass is 10.0. The van der Waals surface area contributed by atoms with E-state index in [0.717, 1.165) is 30.6 Å². The summed E-state index contributed by atoms with van der Waals surface area (Å²) in [5.74, 6) is 0.845. The molecule has 0 bridgehead atoms. The minimum absolute atomic E-state index is 0.0599. The van der Waals surface area contributed by atoms with Crippen molar-refractivity contribution in [2.24, 2.45) is 11.7 Å². The molecule has 19 heavy (non-hydrogen) atoms. The predicted molar refractivity (Wildman–Crippen MR) is 77.2 cm³/mol. The van der Waals surface area contributed by atoms with Gasteiger partial charge in [-0.15, -0.1) is 0 Å². The maximum atomic E-state index is 11.9. The van der Waals surface area contributed by atoms with Crippen molar-refractivity contribution in [3.05, 3.63) is 29.8 Å². The Bertz CT molecular complexity index is 393. The fourth-order valence-electron chi connectivity index (χ4n) is 2.01. The van der Waals surface area contributed by atoms with Gasteiger partial charge in [-0.1, -0.05) is 25.5 Å². The van der Waals surface area contributed by atoms with Crippen molar-refractivity contribution in [1.29, 1.82) is 0 Å². The van der Waals surface area contributed by atoms with Crippen LogP contribution in [0.15, 0.2) is 24.3 Å². The van der Waals surface area contributed by atoms with Crippen molar-refractivity contribution < 1.29 is 9.53 Å². The van der Waals surface area contributed by atoms with Crippen molar-refractivity contribution in [2.45, 2.75) is 26.2 Å². The summed E-state index contributed by atoms with van der Waals surface area (Å²) in [6, 6.07) is 7.88. The highest BCUT2D eigenvalue weighted by atomic mass is 16.5. The van der Waals surface area contributed by atoms with Gasteiger partial charge in [0.15, 0.2) is 0 Å². The Hall–Kier alpha value is -1.55. The first-order chi connectivity index (χ1) is 9.21. The van der Waals surface area contributed by atoms with E-state index in [-0.39, 0.29) is 11.8 Å². The molecule has 0 aromatic heterocycles. The van der Waals surface area contributed by atoms with Gasteiger partial charge in [0.25, 0.3) is 0 Å². The highest BCUT2D eigenvalue weighted by Gasteiger charge is 2.14. The molecule has 1 atom stereocenters. The molecule has 0 heterocycles. The zero-order chi connectivity index (χ0) is 14.1. The number of methoxy groups -OCH3 is 1. The van der Waals surface area contributed by atoms with Gasteiger partial charge in [0.1, 0.15) is 5.75 Å². The van der Waals surface area contributed by atoms with Crippen LogP contribution in [-0.2, 0) is 11.2 Å². The highest BCUT2D eigenvalue weighted by molar-refractivity contribution is 5.78. The lowest BCUT2D eigenvalue weighted by molar-refractivity contribution is -0.124. The van der Waals surface area contributed by atoms with Crippen molar-refractivity contribution >= 4 is 5.91 Å². The smallest absolute Gasteiger partial charge is 0.224 e. The predicted octanol–water partition coefficient (Wildman–Crippen LogP) is 1.73. The normalized spacial score (nSPS) is 11.9. The molecule has 3 N–H and O–H groups in total. The van der Waals surface area contributed by atoms with Crippen LogP contribution in [0, 0.1) is 5.92 Å². The maximum Gasteiger partial charge on any atom is 0.224 e. The molecule has 0 aliphatic rings. The Kier molecular flexibility index (Phi) is 6.97. The van der Waals surface area contributed by atoms with Gasteiger partial charge >= 0.3 is 0 Å². The third-order valence-electron chi connectivity index (χ3n) is 3.14. The van der Waals surface area contributed by atoms with Crippen LogP contribution in [0.4, 0.5) is 0 Å². The first kappa shape index (κ1) is 15.5. The second kappa shape index (κ2) is 8.53. The molecular formula is C15H24N2O2. The van der Waals surface area contributed by atoms with Gasteiger partial charge in [0.2, 0.25) is 5.91 Å². The molecule has 1 aromatic rings. The lowest BCUT2D eigenvalue weighted by Crippen LogP contribution is -2.36. The average Bonchev–Trinajstić information content (AvgIpc) is 2.44. The summed E-state index contributed by atoms with van der Waals surface area (Å²) >= 11 is 0. The minimum atomic E-state index is -0.0599. The van der Waals surface area contributed by atoms with Gasteiger partial charge in [-0.05, 0) is 30.5 Å². The molecule has 0 radical (unpaired) electrons. The summed E-state index contributed by atoms with van der Waals surface area (Å²) in [6.07, 6.45) is 2.62. The number of hydrogen-bond acceptors (Lipinski definition) is 3. The van der Waals surface area contributed by atoms with Crippen LogP contribution < -0.4 is 15.8 Å². The van der Waals surface area contributed by atoms with E-state index < -0.39 is 0 Å². The number of carbonyl (C=O) groups is 1. The quantitative estimate of drug-likeness (QED) is 0.751. The Morgan fingerprint density at radius 1 is 1.47 bits per heavy atom. The summed E-state index contributed by atoms with van der Waals surface area (Å²) < 4.78 is 5.17. The van der Waals surface area contributed by atoms with Gasteiger partial charge in [-0.2, -0.15) is 0 Å². The van der Waals surface area contributed by atoms with E-state index in [1.165, 1.54) is 0 Å². The lowest BCUT2D eigenvalue weighted by Gasteiger charge is -2.13. The molecule has 4 heteroatoms. The molecular weight excluding hydrogens is 240 g/mol. The summed E-state index contributed by atoms with van der Waals surface area (Å²) in [7, 11) is 1.65. The van der Waals surface area contributed by atoms with Crippen LogP contribution in [0.1, 0.15) is 25.3 Å². The van der Waals surface area contributed by atoms with Crippen LogP contribution >= 0.6 is 0 Å². The van der Waals surface area contributed by atoms with Gasteiger partial charge < -0.3 is 15.8 Å². The SMILES string of the molecule is CCCC(CN)C(=O)NCCc1cccc(OC)c1. The Morgan fingerprint density at radius 3 is 2.89 bits per heavy atom. The third-order valence-corrected chi connectivity index (χ3v) is 3.14. The van der Waals surface area contributed by atoms with E-state index in [0.29, 0.717) is 13.1 Å². The number of nitrogens with one attached hydrogen (secondary N) is 1. The Balaban J connectivity index is 2.38. The topological polar surface area (TPSA) is 64.4 Å². The molecule has 1 amide bonds. The van der Waals surface area contributed by atoms with Gasteiger partial charge in [-0.25, -0.2) is 0 Å². The van der Waals surface area contributed by atoms with E-state index in [1.54, 1.807) is 7.11 Å². The molecule has 0 fully saturated rings. The van der Waals surface area contributed by atoms with Crippen LogP contribution in [-0.4, -0.2) is 26.1 Å². The first-order valence-electron chi connectivity index (χ1n) is 6.82. The molecule has 1 rings (SSSR count). The van der Waals surface area contributed by atoms with Crippen LogP contribution in [0.25, 0.3) is 0 Å². The van der Waals surface area contributed by atoms with Crippen LogP contribution in [0.3, 0.4) is 0 Å². The fraction of sp³-hybridized carbons (Fsp3) is 0.533. The van der Waals surface area contributed by atoms with Crippen molar-refractivity contribution in [1.82, 2.24) is 5.32 Å². The summed E-state index contributed by atoms with van der Waals surface area (Å²) in [5, 5.41) is 2.94. The summed E-state index contributed by atoms with van der Waals surface area (Å²) in [5.41, 5.74) is 6.76. The highest BCUT2D eigenvalue weighted by Crippen LogP contribution is 2.12. The number of nitrogens with two attached hydrogens (primary N) is 1. The molecule has 0 saturated heterocycles. The number of rotatable bonds is 8. The van der Waals surface area contributed by atoms with Gasteiger partial charge in [0.05, 0.1) is 13.0 Å². The maximum absolute atomic E-state index is 11.9. The van der Waals surface area contributed by atoms with Gasteiger partial charge in [-0.3, -0.25) is 4.79 Å². The molecule has 0 aliphatic heterocycles. The van der Waals surface area contributed by atoms with E-state index in [4.69, 9.17) is 10.5 Å². The Labute approximate surface area is 115 Å². The second-order valence-electron chi connectivity index (χ2n) is 4.61. The average molecular weight is 264 g/mol. The first-order valence-corrected chi connectivity index (χ1v) is 6.82. The van der Waals surface area contributed by atoms with Gasteiger partial charge in [0, 0.05) is 13.1 Å². The van der Waals surface area contributed by atoms with Crippen molar-refractivity contribution in [3.63, 3.8) is 0 Å². The number of benzene rings is 1. The molecule has 106 valence electrons. The van der Waals surface area contributed by atoms with Crippen molar-refractivity contribution in [3.8, 4) is 5.75 Å². The van der Waals surface area contributed by atoms with E-state index in [2.05, 4.69) is 12.2 Å². The summed E-state index contributed by atoms with van der Waals surface area (Å²) in [4.78, 5) is 11.9. The van der Waals surface area contributed by atoms with E-state index in [1.807, 2.05) is 24.3 Å².